The topological polar surface area (TPSA) is 79.9 Å². The second-order valence-electron chi connectivity index (χ2n) is 20.0. The average Bonchev–Trinajstić information content (AvgIpc) is 3.95. The maximum absolute atomic E-state index is 6.63. The Hall–Kier alpha value is -9.66. The van der Waals surface area contributed by atoms with Crippen molar-refractivity contribution in [1.82, 2.24) is 29.1 Å². The molecule has 8 heteroatoms. The number of aromatic nitrogens is 6. The molecule has 0 atom stereocenters. The first kappa shape index (κ1) is 46.1. The molecular formula is C68H52N6O2. The molecule has 0 saturated heterocycles. The highest BCUT2D eigenvalue weighted by molar-refractivity contribution is 6.10. The molecule has 76 heavy (non-hydrogen) atoms. The van der Waals surface area contributed by atoms with Gasteiger partial charge in [-0.3, -0.25) is 19.1 Å². The lowest BCUT2D eigenvalue weighted by atomic mass is 9.94. The lowest BCUT2D eigenvalue weighted by Gasteiger charge is -2.14. The van der Waals surface area contributed by atoms with Crippen LogP contribution in [0.1, 0.15) is 33.4 Å². The van der Waals surface area contributed by atoms with Gasteiger partial charge in [0.05, 0.1) is 45.8 Å². The molecule has 5 aromatic heterocycles. The zero-order valence-electron chi connectivity index (χ0n) is 43.1. The molecule has 0 radical (unpaired) electrons. The van der Waals surface area contributed by atoms with E-state index < -0.39 is 0 Å². The standard InChI is InChI=1S/C68H52N6O2/c1-41-29-43(3)67(44(4)30-41)49-25-27-69-65(35-49)73-61-19-9-7-17-55(61)57-23-21-53(37-63(57)73)75-51-15-11-13-47(33-51)59-39-72-60(40-71-59)48-14-12-16-52(34-48)76-54-22-24-58-56-18-8-10-20-62(56)74(64(58)38-54)66-36-50(26-28-70-66)68-45(5)31-42(2)32-46(68)6/h7-40H,1-6H3. The van der Waals surface area contributed by atoms with Crippen molar-refractivity contribution in [2.75, 3.05) is 0 Å². The quantitative estimate of drug-likeness (QED) is 0.136. The number of hydrogen-bond donors (Lipinski definition) is 0. The maximum Gasteiger partial charge on any atom is 0.138 e. The molecule has 0 aliphatic heterocycles. The highest BCUT2D eigenvalue weighted by Gasteiger charge is 2.19. The van der Waals surface area contributed by atoms with Gasteiger partial charge in [0.25, 0.3) is 0 Å². The fourth-order valence-electron chi connectivity index (χ4n) is 11.5. The summed E-state index contributed by atoms with van der Waals surface area (Å²) < 4.78 is 17.7. The van der Waals surface area contributed by atoms with Crippen LogP contribution in [0.2, 0.25) is 0 Å². The lowest BCUT2D eigenvalue weighted by Crippen LogP contribution is -1.99. The first-order valence-corrected chi connectivity index (χ1v) is 25.6. The zero-order valence-corrected chi connectivity index (χ0v) is 43.1. The minimum absolute atomic E-state index is 0.691. The lowest BCUT2D eigenvalue weighted by molar-refractivity contribution is 0.483. The third-order valence-corrected chi connectivity index (χ3v) is 14.6. The predicted octanol–water partition coefficient (Wildman–Crippen LogP) is 17.6. The van der Waals surface area contributed by atoms with Crippen LogP contribution in [0.5, 0.6) is 23.0 Å². The Kier molecular flexibility index (Phi) is 11.3. The van der Waals surface area contributed by atoms with Crippen molar-refractivity contribution in [3.8, 4) is 79.4 Å². The minimum atomic E-state index is 0.691. The SMILES string of the molecule is Cc1cc(C)c(-c2ccnc(-n3c4ccccc4c4ccc(Oc5cccc(-c6cnc(-c7cccc(Oc8ccc9c%10ccccc%10n(-c%10cc(-c%11c(C)cc(C)cc%11C)ccn%10)c9c8)c7)cn6)c5)cc43)c2)c(C)c1. The summed E-state index contributed by atoms with van der Waals surface area (Å²) >= 11 is 0. The highest BCUT2D eigenvalue weighted by Crippen LogP contribution is 2.40. The van der Waals surface area contributed by atoms with Gasteiger partial charge in [-0.2, -0.15) is 0 Å². The van der Waals surface area contributed by atoms with Crippen molar-refractivity contribution in [2.24, 2.45) is 0 Å². The van der Waals surface area contributed by atoms with Crippen molar-refractivity contribution in [1.29, 1.82) is 0 Å². The Morgan fingerprint density at radius 1 is 0.316 bits per heavy atom. The maximum atomic E-state index is 6.63. The highest BCUT2D eigenvalue weighted by atomic mass is 16.5. The summed E-state index contributed by atoms with van der Waals surface area (Å²) in [6.07, 6.45) is 7.44. The molecule has 0 amide bonds. The number of benzene rings is 8. The molecule has 0 bridgehead atoms. The Bertz CT molecular complexity index is 4100. The van der Waals surface area contributed by atoms with Crippen LogP contribution >= 0.6 is 0 Å². The van der Waals surface area contributed by atoms with Crippen LogP contribution in [0.15, 0.2) is 207 Å². The van der Waals surface area contributed by atoms with Crippen LogP contribution in [0, 0.1) is 41.5 Å². The molecule has 0 aliphatic rings. The Morgan fingerprint density at radius 3 is 1.13 bits per heavy atom. The number of rotatable bonds is 10. The van der Waals surface area contributed by atoms with Gasteiger partial charge >= 0.3 is 0 Å². The largest absolute Gasteiger partial charge is 0.457 e. The summed E-state index contributed by atoms with van der Waals surface area (Å²) in [5.74, 6) is 4.51. The van der Waals surface area contributed by atoms with Gasteiger partial charge in [0.2, 0.25) is 0 Å². The van der Waals surface area contributed by atoms with Gasteiger partial charge in [-0.05, 0) is 171 Å². The van der Waals surface area contributed by atoms with Gasteiger partial charge in [-0.1, -0.05) is 96.1 Å². The third-order valence-electron chi connectivity index (χ3n) is 14.6. The van der Waals surface area contributed by atoms with Crippen LogP contribution in [0.3, 0.4) is 0 Å². The van der Waals surface area contributed by atoms with Gasteiger partial charge in [0.15, 0.2) is 0 Å². The van der Waals surface area contributed by atoms with Gasteiger partial charge in [0, 0.05) is 57.2 Å². The van der Waals surface area contributed by atoms with Gasteiger partial charge < -0.3 is 9.47 Å². The molecule has 8 nitrogen and oxygen atoms in total. The fourth-order valence-corrected chi connectivity index (χ4v) is 11.5. The van der Waals surface area contributed by atoms with E-state index in [1.807, 2.05) is 85.5 Å². The van der Waals surface area contributed by atoms with Crippen LogP contribution < -0.4 is 9.47 Å². The van der Waals surface area contributed by atoms with Crippen LogP contribution in [-0.4, -0.2) is 29.1 Å². The number of ether oxygens (including phenoxy) is 2. The van der Waals surface area contributed by atoms with Crippen molar-refractivity contribution in [3.63, 3.8) is 0 Å². The number of aryl methyl sites for hydroxylation is 6. The van der Waals surface area contributed by atoms with E-state index in [0.717, 1.165) is 88.9 Å². The number of pyridine rings is 2. The molecule has 0 aliphatic carbocycles. The fraction of sp³-hybridized carbons (Fsp3) is 0.0882. The van der Waals surface area contributed by atoms with Gasteiger partial charge in [-0.15, -0.1) is 0 Å². The van der Waals surface area contributed by atoms with E-state index in [4.69, 9.17) is 29.4 Å². The Balaban J connectivity index is 0.762. The Labute approximate surface area is 441 Å². The molecule has 0 spiro atoms. The molecule has 8 aromatic carbocycles. The molecular weight excluding hydrogens is 933 g/mol. The van der Waals surface area contributed by atoms with Gasteiger partial charge in [-0.25, -0.2) is 9.97 Å². The van der Waals surface area contributed by atoms with Crippen molar-refractivity contribution < 1.29 is 9.47 Å². The summed E-state index contributed by atoms with van der Waals surface area (Å²) in [4.78, 5) is 19.7. The molecule has 13 rings (SSSR count). The molecule has 0 saturated carbocycles. The minimum Gasteiger partial charge on any atom is -0.457 e. The second-order valence-corrected chi connectivity index (χ2v) is 20.0. The molecule has 5 heterocycles. The summed E-state index contributed by atoms with van der Waals surface area (Å²) in [6.45, 7) is 13.0. The first-order chi connectivity index (χ1) is 37.1. The third kappa shape index (κ3) is 8.30. The monoisotopic (exact) mass is 984 g/mol. The van der Waals surface area contributed by atoms with E-state index in [-0.39, 0.29) is 0 Å². The van der Waals surface area contributed by atoms with E-state index in [1.54, 1.807) is 0 Å². The molecule has 366 valence electrons. The predicted molar refractivity (Wildman–Crippen MR) is 309 cm³/mol. The van der Waals surface area contributed by atoms with E-state index >= 15 is 0 Å². The van der Waals surface area contributed by atoms with Crippen molar-refractivity contribution in [3.05, 3.63) is 240 Å². The van der Waals surface area contributed by atoms with E-state index in [0.29, 0.717) is 23.0 Å². The normalized spacial score (nSPS) is 11.6. The average molecular weight is 985 g/mol. The summed E-state index contributed by atoms with van der Waals surface area (Å²) in [5.41, 5.74) is 19.7. The van der Waals surface area contributed by atoms with E-state index in [2.05, 4.69) is 172 Å². The number of hydrogen-bond acceptors (Lipinski definition) is 6. The molecule has 0 N–H and O–H groups in total. The molecule has 0 fully saturated rings. The number of para-hydroxylation sites is 2. The van der Waals surface area contributed by atoms with Gasteiger partial charge in [0.1, 0.15) is 34.6 Å². The van der Waals surface area contributed by atoms with Crippen LogP contribution in [-0.2, 0) is 0 Å². The van der Waals surface area contributed by atoms with Crippen molar-refractivity contribution >= 4 is 43.6 Å². The van der Waals surface area contributed by atoms with Crippen molar-refractivity contribution in [2.45, 2.75) is 41.5 Å². The number of nitrogens with zero attached hydrogens (tertiary/aromatic N) is 6. The van der Waals surface area contributed by atoms with E-state index in [9.17, 15) is 0 Å². The zero-order chi connectivity index (χ0) is 51.6. The number of fused-ring (bicyclic) bond motifs is 6. The molecule has 0 unspecified atom stereocenters. The summed E-state index contributed by atoms with van der Waals surface area (Å²) in [7, 11) is 0. The summed E-state index contributed by atoms with van der Waals surface area (Å²) in [6, 6.07) is 63.1. The van der Waals surface area contributed by atoms with E-state index in [1.165, 1.54) is 44.5 Å². The molecule has 13 aromatic rings. The van der Waals surface area contributed by atoms with Crippen LogP contribution in [0.25, 0.3) is 100 Å². The Morgan fingerprint density at radius 2 is 0.711 bits per heavy atom. The van der Waals surface area contributed by atoms with Crippen LogP contribution in [0.4, 0.5) is 0 Å². The summed E-state index contributed by atoms with van der Waals surface area (Å²) in [5, 5.41) is 4.55. The smallest absolute Gasteiger partial charge is 0.138 e. The second kappa shape index (κ2) is 18.7. The first-order valence-electron chi connectivity index (χ1n) is 25.6.